The minimum atomic E-state index is -0.255. The van der Waals surface area contributed by atoms with Crippen LogP contribution in [0.15, 0.2) is 34.9 Å². The Bertz CT molecular complexity index is 652. The van der Waals surface area contributed by atoms with Gasteiger partial charge in [-0.15, -0.1) is 0 Å². The van der Waals surface area contributed by atoms with Gasteiger partial charge in [-0.3, -0.25) is 4.79 Å². The van der Waals surface area contributed by atoms with Gasteiger partial charge in [0.25, 0.3) is 5.91 Å². The highest BCUT2D eigenvalue weighted by Crippen LogP contribution is 2.24. The van der Waals surface area contributed by atoms with Gasteiger partial charge >= 0.3 is 0 Å². The molecular weight excluding hydrogens is 466 g/mol. The number of hydrogen-bond donors (Lipinski definition) is 1. The van der Waals surface area contributed by atoms with Gasteiger partial charge in [0.05, 0.1) is 21.4 Å². The SMILES string of the molecule is O=C(Nc1cnc(Cl)c(Br)c1)c1ccc(I)c(Cl)c1. The van der Waals surface area contributed by atoms with Gasteiger partial charge < -0.3 is 5.32 Å². The minimum absolute atomic E-state index is 0.255. The quantitative estimate of drug-likeness (QED) is 0.494. The highest BCUT2D eigenvalue weighted by atomic mass is 127. The Morgan fingerprint density at radius 3 is 2.68 bits per heavy atom. The summed E-state index contributed by atoms with van der Waals surface area (Å²) in [4.78, 5) is 16.0. The van der Waals surface area contributed by atoms with E-state index in [4.69, 9.17) is 23.2 Å². The lowest BCUT2D eigenvalue weighted by Gasteiger charge is -2.06. The molecule has 0 bridgehead atoms. The van der Waals surface area contributed by atoms with Crippen molar-refractivity contribution in [3.63, 3.8) is 0 Å². The fourth-order valence-electron chi connectivity index (χ4n) is 1.33. The van der Waals surface area contributed by atoms with Crippen LogP contribution in [0.5, 0.6) is 0 Å². The zero-order valence-corrected chi connectivity index (χ0v) is 14.5. The van der Waals surface area contributed by atoms with Crippen molar-refractivity contribution in [2.75, 3.05) is 5.32 Å². The number of aromatic nitrogens is 1. The smallest absolute Gasteiger partial charge is 0.255 e. The maximum atomic E-state index is 12.0. The summed E-state index contributed by atoms with van der Waals surface area (Å²) in [6, 6.07) is 6.80. The van der Waals surface area contributed by atoms with E-state index < -0.39 is 0 Å². The van der Waals surface area contributed by atoms with Crippen LogP contribution < -0.4 is 5.32 Å². The molecule has 19 heavy (non-hydrogen) atoms. The van der Waals surface area contributed by atoms with Gasteiger partial charge in [0.15, 0.2) is 0 Å². The van der Waals surface area contributed by atoms with Crippen LogP contribution in [0.25, 0.3) is 0 Å². The van der Waals surface area contributed by atoms with E-state index in [9.17, 15) is 4.79 Å². The summed E-state index contributed by atoms with van der Waals surface area (Å²) < 4.78 is 1.51. The van der Waals surface area contributed by atoms with Gasteiger partial charge in [0.1, 0.15) is 5.15 Å². The standard InChI is InChI=1S/C12H6BrCl2IN2O/c13-8-4-7(5-17-11(8)15)18-12(19)6-1-2-10(16)9(14)3-6/h1-5H,(H,18,19). The molecule has 1 aromatic carbocycles. The number of nitrogens with one attached hydrogen (secondary N) is 1. The number of rotatable bonds is 2. The van der Waals surface area contributed by atoms with E-state index in [-0.39, 0.29) is 5.91 Å². The maximum absolute atomic E-state index is 12.0. The molecule has 98 valence electrons. The molecule has 3 nitrogen and oxygen atoms in total. The third-order valence-corrected chi connectivity index (χ3v) is 4.94. The van der Waals surface area contributed by atoms with Crippen LogP contribution in [0.4, 0.5) is 5.69 Å². The van der Waals surface area contributed by atoms with Crippen molar-refractivity contribution < 1.29 is 4.79 Å². The number of benzene rings is 1. The van der Waals surface area contributed by atoms with Crippen molar-refractivity contribution in [2.45, 2.75) is 0 Å². The van der Waals surface area contributed by atoms with Gasteiger partial charge in [-0.1, -0.05) is 23.2 Å². The summed E-state index contributed by atoms with van der Waals surface area (Å²) in [6.45, 7) is 0. The molecule has 1 N–H and O–H groups in total. The molecular formula is C12H6BrCl2IN2O. The Labute approximate surface area is 142 Å². The van der Waals surface area contributed by atoms with E-state index in [0.29, 0.717) is 25.9 Å². The minimum Gasteiger partial charge on any atom is -0.321 e. The lowest BCUT2D eigenvalue weighted by atomic mass is 10.2. The Balaban J connectivity index is 2.20. The molecule has 0 saturated carbocycles. The normalized spacial score (nSPS) is 10.3. The predicted molar refractivity (Wildman–Crippen MR) is 89.1 cm³/mol. The topological polar surface area (TPSA) is 42.0 Å². The summed E-state index contributed by atoms with van der Waals surface area (Å²) in [6.07, 6.45) is 1.49. The molecule has 0 aliphatic carbocycles. The van der Waals surface area contributed by atoms with Crippen LogP contribution in [0.1, 0.15) is 10.4 Å². The Morgan fingerprint density at radius 2 is 2.05 bits per heavy atom. The van der Waals surface area contributed by atoms with Gasteiger partial charge in [0.2, 0.25) is 0 Å². The molecule has 0 atom stereocenters. The van der Waals surface area contributed by atoms with Crippen molar-refractivity contribution in [3.05, 3.63) is 54.2 Å². The molecule has 1 amide bonds. The third kappa shape index (κ3) is 3.81. The van der Waals surface area contributed by atoms with E-state index in [0.717, 1.165) is 3.57 Å². The van der Waals surface area contributed by atoms with Crippen LogP contribution in [-0.4, -0.2) is 10.9 Å². The zero-order chi connectivity index (χ0) is 14.0. The average Bonchev–Trinajstić information content (AvgIpc) is 2.37. The number of nitrogens with zero attached hydrogens (tertiary/aromatic N) is 1. The van der Waals surface area contributed by atoms with Crippen LogP contribution in [-0.2, 0) is 0 Å². The van der Waals surface area contributed by atoms with E-state index in [2.05, 4.69) is 48.8 Å². The van der Waals surface area contributed by atoms with E-state index in [1.807, 2.05) is 0 Å². The summed E-state index contributed by atoms with van der Waals surface area (Å²) in [5.74, 6) is -0.255. The van der Waals surface area contributed by atoms with Gasteiger partial charge in [0, 0.05) is 9.13 Å². The number of carbonyl (C=O) groups is 1. The molecule has 2 aromatic rings. The molecule has 0 aliphatic rings. The van der Waals surface area contributed by atoms with Crippen LogP contribution >= 0.6 is 61.7 Å². The number of carbonyl (C=O) groups excluding carboxylic acids is 1. The first-order chi connectivity index (χ1) is 8.97. The van der Waals surface area contributed by atoms with Crippen molar-refractivity contribution in [2.24, 2.45) is 0 Å². The second kappa shape index (κ2) is 6.39. The summed E-state index contributed by atoms with van der Waals surface area (Å²) in [5.41, 5.74) is 1.03. The lowest BCUT2D eigenvalue weighted by Crippen LogP contribution is -2.12. The first-order valence-corrected chi connectivity index (χ1v) is 7.67. The molecule has 7 heteroatoms. The first kappa shape index (κ1) is 15.0. The van der Waals surface area contributed by atoms with Gasteiger partial charge in [-0.2, -0.15) is 0 Å². The maximum Gasteiger partial charge on any atom is 0.255 e. The van der Waals surface area contributed by atoms with E-state index in [1.165, 1.54) is 6.20 Å². The van der Waals surface area contributed by atoms with E-state index >= 15 is 0 Å². The number of hydrogen-bond acceptors (Lipinski definition) is 2. The van der Waals surface area contributed by atoms with Crippen LogP contribution in [0, 0.1) is 3.57 Å². The summed E-state index contributed by atoms with van der Waals surface area (Å²) in [7, 11) is 0. The predicted octanol–water partition coefficient (Wildman–Crippen LogP) is 5.01. The summed E-state index contributed by atoms with van der Waals surface area (Å²) in [5, 5.41) is 3.61. The molecule has 0 fully saturated rings. The third-order valence-electron chi connectivity index (χ3n) is 2.24. The van der Waals surface area contributed by atoms with Crippen molar-refractivity contribution in [1.82, 2.24) is 4.98 Å². The van der Waals surface area contributed by atoms with E-state index in [1.54, 1.807) is 24.3 Å². The van der Waals surface area contributed by atoms with Crippen molar-refractivity contribution in [3.8, 4) is 0 Å². The van der Waals surface area contributed by atoms with Crippen LogP contribution in [0.3, 0.4) is 0 Å². The highest BCUT2D eigenvalue weighted by Gasteiger charge is 2.09. The monoisotopic (exact) mass is 470 g/mol. The molecule has 0 saturated heterocycles. The second-order valence-electron chi connectivity index (χ2n) is 3.58. The zero-order valence-electron chi connectivity index (χ0n) is 9.25. The number of pyridine rings is 1. The lowest BCUT2D eigenvalue weighted by molar-refractivity contribution is 0.102. The van der Waals surface area contributed by atoms with Gasteiger partial charge in [-0.05, 0) is 62.8 Å². The van der Waals surface area contributed by atoms with Crippen molar-refractivity contribution >= 4 is 73.3 Å². The average molecular weight is 472 g/mol. The largest absolute Gasteiger partial charge is 0.321 e. The van der Waals surface area contributed by atoms with Gasteiger partial charge in [-0.25, -0.2) is 4.98 Å². The number of halogens is 4. The van der Waals surface area contributed by atoms with Crippen LogP contribution in [0.2, 0.25) is 10.2 Å². The highest BCUT2D eigenvalue weighted by molar-refractivity contribution is 14.1. The molecule has 0 unspecified atom stereocenters. The fourth-order valence-corrected chi connectivity index (χ4v) is 2.30. The Kier molecular flexibility index (Phi) is 5.05. The molecule has 0 aliphatic heterocycles. The van der Waals surface area contributed by atoms with Crippen molar-refractivity contribution in [1.29, 1.82) is 0 Å². The summed E-state index contributed by atoms with van der Waals surface area (Å²) >= 11 is 17.1. The molecule has 0 radical (unpaired) electrons. The molecule has 0 spiro atoms. The number of amides is 1. The second-order valence-corrected chi connectivity index (χ2v) is 6.36. The molecule has 1 heterocycles. The Hall–Kier alpha value is -0.370. The Morgan fingerprint density at radius 1 is 1.32 bits per heavy atom. The molecule has 1 aromatic heterocycles. The molecule has 2 rings (SSSR count). The first-order valence-electron chi connectivity index (χ1n) is 5.05. The number of anilines is 1. The fraction of sp³-hybridized carbons (Fsp3) is 0.